The van der Waals surface area contributed by atoms with Crippen molar-refractivity contribution in [3.05, 3.63) is 69.2 Å². The molecule has 1 aliphatic rings. The van der Waals surface area contributed by atoms with E-state index in [0.29, 0.717) is 22.3 Å². The summed E-state index contributed by atoms with van der Waals surface area (Å²) in [6, 6.07) is 13.3. The molecule has 1 atom stereocenters. The molecular weight excluding hydrogens is 350 g/mol. The zero-order valence-corrected chi connectivity index (χ0v) is 13.9. The first-order valence-corrected chi connectivity index (χ1v) is 8.32. The Morgan fingerprint density at radius 1 is 1.25 bits per heavy atom. The highest BCUT2D eigenvalue weighted by Crippen LogP contribution is 2.27. The summed E-state index contributed by atoms with van der Waals surface area (Å²) in [7, 11) is 0. The number of non-ortho nitro benzene ring substituents is 1. The van der Waals surface area contributed by atoms with Crippen molar-refractivity contribution in [2.75, 3.05) is 0 Å². The van der Waals surface area contributed by atoms with Crippen molar-refractivity contribution in [1.29, 1.82) is 0 Å². The molecule has 1 fully saturated rings. The maximum absolute atomic E-state index is 12.1. The lowest BCUT2D eigenvalue weighted by Crippen LogP contribution is -2.25. The van der Waals surface area contributed by atoms with Crippen molar-refractivity contribution in [3.8, 4) is 0 Å². The van der Waals surface area contributed by atoms with Gasteiger partial charge in [0.2, 0.25) is 5.91 Å². The molecule has 0 aliphatic carbocycles. The van der Waals surface area contributed by atoms with E-state index >= 15 is 0 Å². The van der Waals surface area contributed by atoms with E-state index in [2.05, 4.69) is 10.3 Å². The van der Waals surface area contributed by atoms with Crippen molar-refractivity contribution in [3.63, 3.8) is 0 Å². The quantitative estimate of drug-likeness (QED) is 0.664. The molecule has 1 heterocycles. The van der Waals surface area contributed by atoms with Crippen LogP contribution < -0.4 is 5.32 Å². The fraction of sp³-hybridized carbons (Fsp3) is 0.125. The summed E-state index contributed by atoms with van der Waals surface area (Å²) < 4.78 is 0. The van der Waals surface area contributed by atoms with E-state index in [1.807, 2.05) is 0 Å². The molecule has 0 saturated carbocycles. The maximum atomic E-state index is 12.1. The van der Waals surface area contributed by atoms with E-state index in [0.717, 1.165) is 5.56 Å². The molecule has 2 aromatic rings. The van der Waals surface area contributed by atoms with Crippen molar-refractivity contribution >= 4 is 45.8 Å². The van der Waals surface area contributed by atoms with Crippen LogP contribution in [-0.4, -0.2) is 21.2 Å². The van der Waals surface area contributed by atoms with Crippen LogP contribution in [0, 0.1) is 10.1 Å². The first-order chi connectivity index (χ1) is 11.5. The van der Waals surface area contributed by atoms with E-state index < -0.39 is 4.92 Å². The third kappa shape index (κ3) is 3.93. The minimum Gasteiger partial charge on any atom is -0.304 e. The number of nitrogens with zero attached hydrogens (tertiary/aromatic N) is 2. The number of halogens is 1. The summed E-state index contributed by atoms with van der Waals surface area (Å²) in [5, 5.41) is 14.3. The van der Waals surface area contributed by atoms with Gasteiger partial charge in [-0.2, -0.15) is 0 Å². The van der Waals surface area contributed by atoms with Crippen molar-refractivity contribution < 1.29 is 9.72 Å². The highest BCUT2D eigenvalue weighted by molar-refractivity contribution is 8.15. The van der Waals surface area contributed by atoms with Gasteiger partial charge in [-0.05, 0) is 36.2 Å². The van der Waals surface area contributed by atoms with Crippen LogP contribution in [0.5, 0.6) is 0 Å². The molecule has 8 heteroatoms. The van der Waals surface area contributed by atoms with Crippen LogP contribution in [0.25, 0.3) is 0 Å². The van der Waals surface area contributed by atoms with Gasteiger partial charge >= 0.3 is 0 Å². The van der Waals surface area contributed by atoms with Crippen molar-refractivity contribution in [2.24, 2.45) is 4.99 Å². The average Bonchev–Trinajstić information content (AvgIpc) is 2.89. The molecule has 0 radical (unpaired) electrons. The van der Waals surface area contributed by atoms with Crippen molar-refractivity contribution in [1.82, 2.24) is 5.32 Å². The minimum atomic E-state index is -0.446. The Hall–Kier alpha value is -2.38. The molecular formula is C16H12ClN3O3S. The third-order valence-electron chi connectivity index (χ3n) is 3.38. The van der Waals surface area contributed by atoms with Gasteiger partial charge in [0, 0.05) is 17.2 Å². The number of rotatable bonds is 4. The number of thioether (sulfide) groups is 1. The standard InChI is InChI=1S/C16H12ClN3O3S/c17-11-4-6-12(7-5-11)18-16-19-15(21)14(24-16)9-10-2-1-3-13(8-10)20(22)23/h1-8,14H,9H2,(H,18,19,21)/t14-/m0/s1. The Morgan fingerprint density at radius 3 is 2.71 bits per heavy atom. The SMILES string of the molecule is O=C1NC(=Nc2ccc(Cl)cc2)S[C@H]1Cc1cccc([N+](=O)[O-])c1. The van der Waals surface area contributed by atoms with Crippen LogP contribution >= 0.6 is 23.4 Å². The Labute approximate surface area is 147 Å². The van der Waals surface area contributed by atoms with Gasteiger partial charge in [0.25, 0.3) is 5.69 Å². The summed E-state index contributed by atoms with van der Waals surface area (Å²) in [4.78, 5) is 26.8. The van der Waals surface area contributed by atoms with E-state index in [1.165, 1.54) is 23.9 Å². The third-order valence-corrected chi connectivity index (χ3v) is 4.71. The molecule has 1 saturated heterocycles. The number of aliphatic imine (C=N–C) groups is 1. The summed E-state index contributed by atoms with van der Waals surface area (Å²) in [5.74, 6) is -0.154. The van der Waals surface area contributed by atoms with Gasteiger partial charge in [0.05, 0.1) is 15.9 Å². The highest BCUT2D eigenvalue weighted by atomic mass is 35.5. The van der Waals surface area contributed by atoms with Gasteiger partial charge in [-0.25, -0.2) is 4.99 Å². The molecule has 1 N–H and O–H groups in total. The minimum absolute atomic E-state index is 0.0194. The zero-order chi connectivity index (χ0) is 17.1. The molecule has 6 nitrogen and oxygen atoms in total. The van der Waals surface area contributed by atoms with Crippen LogP contribution in [0.1, 0.15) is 5.56 Å². The van der Waals surface area contributed by atoms with E-state index in [9.17, 15) is 14.9 Å². The molecule has 2 aromatic carbocycles. The van der Waals surface area contributed by atoms with Crippen LogP contribution in [0.15, 0.2) is 53.5 Å². The van der Waals surface area contributed by atoms with Gasteiger partial charge in [-0.3, -0.25) is 14.9 Å². The number of nitro benzene ring substituents is 1. The molecule has 3 rings (SSSR count). The number of amidine groups is 1. The van der Waals surface area contributed by atoms with Gasteiger partial charge in [0.1, 0.15) is 0 Å². The van der Waals surface area contributed by atoms with Gasteiger partial charge in [-0.15, -0.1) is 0 Å². The fourth-order valence-electron chi connectivity index (χ4n) is 2.24. The second-order valence-corrected chi connectivity index (χ2v) is 6.75. The van der Waals surface area contributed by atoms with Crippen molar-refractivity contribution in [2.45, 2.75) is 11.7 Å². The monoisotopic (exact) mass is 361 g/mol. The normalized spacial score (nSPS) is 18.6. The number of nitro groups is 1. The zero-order valence-electron chi connectivity index (χ0n) is 12.3. The smallest absolute Gasteiger partial charge is 0.269 e. The van der Waals surface area contributed by atoms with Crippen LogP contribution in [0.4, 0.5) is 11.4 Å². The average molecular weight is 362 g/mol. The van der Waals surface area contributed by atoms with E-state index in [4.69, 9.17) is 11.6 Å². The number of hydrogen-bond acceptors (Lipinski definition) is 5. The Morgan fingerprint density at radius 2 is 2.00 bits per heavy atom. The highest BCUT2D eigenvalue weighted by Gasteiger charge is 2.30. The number of amides is 1. The van der Waals surface area contributed by atoms with Gasteiger partial charge in [0.15, 0.2) is 5.17 Å². The largest absolute Gasteiger partial charge is 0.304 e. The Bertz CT molecular complexity index is 824. The summed E-state index contributed by atoms with van der Waals surface area (Å²) in [6.07, 6.45) is 0.401. The molecule has 1 aliphatic heterocycles. The first-order valence-electron chi connectivity index (χ1n) is 7.06. The number of hydrogen-bond donors (Lipinski definition) is 1. The number of carbonyl (C=O) groups is 1. The summed E-state index contributed by atoms with van der Waals surface area (Å²) in [6.45, 7) is 0. The second kappa shape index (κ2) is 7.02. The van der Waals surface area contributed by atoms with Gasteiger partial charge < -0.3 is 5.32 Å². The summed E-state index contributed by atoms with van der Waals surface area (Å²) >= 11 is 7.14. The van der Waals surface area contributed by atoms with Crippen LogP contribution in [0.2, 0.25) is 5.02 Å². The van der Waals surface area contributed by atoms with Crippen LogP contribution in [-0.2, 0) is 11.2 Å². The predicted octanol–water partition coefficient (Wildman–Crippen LogP) is 3.71. The van der Waals surface area contributed by atoms with Crippen LogP contribution in [0.3, 0.4) is 0 Å². The molecule has 0 unspecified atom stereocenters. The molecule has 0 aromatic heterocycles. The molecule has 122 valence electrons. The molecule has 0 spiro atoms. The predicted molar refractivity (Wildman–Crippen MR) is 94.9 cm³/mol. The second-order valence-electron chi connectivity index (χ2n) is 5.12. The van der Waals surface area contributed by atoms with Gasteiger partial charge in [-0.1, -0.05) is 35.5 Å². The van der Waals surface area contributed by atoms with E-state index in [1.54, 1.807) is 36.4 Å². The first kappa shape index (κ1) is 16.5. The molecule has 1 amide bonds. The van der Waals surface area contributed by atoms with E-state index in [-0.39, 0.29) is 16.8 Å². The molecule has 0 bridgehead atoms. The number of nitrogens with one attached hydrogen (secondary N) is 1. The maximum Gasteiger partial charge on any atom is 0.269 e. The fourth-order valence-corrected chi connectivity index (χ4v) is 3.39. The topological polar surface area (TPSA) is 84.6 Å². The lowest BCUT2D eigenvalue weighted by Gasteiger charge is -2.05. The number of benzene rings is 2. The molecule has 24 heavy (non-hydrogen) atoms. The Balaban J connectivity index is 1.72. The summed E-state index contributed by atoms with van der Waals surface area (Å²) in [5.41, 5.74) is 1.45. The lowest BCUT2D eigenvalue weighted by molar-refractivity contribution is -0.384. The Kier molecular flexibility index (Phi) is 4.82. The lowest BCUT2D eigenvalue weighted by atomic mass is 10.1. The number of carbonyl (C=O) groups excluding carboxylic acids is 1.